The molecule has 0 saturated heterocycles. The summed E-state index contributed by atoms with van der Waals surface area (Å²) < 4.78 is 7.58. The molecule has 3 aromatic rings. The lowest BCUT2D eigenvalue weighted by Crippen LogP contribution is -2.04. The molecule has 21 heavy (non-hydrogen) atoms. The number of nitrogen functional groups attached to an aromatic ring is 1. The largest absolute Gasteiger partial charge is 0.493 e. The molecule has 2 aromatic heterocycles. The lowest BCUT2D eigenvalue weighted by Gasteiger charge is -2.07. The van der Waals surface area contributed by atoms with Crippen LogP contribution in [0.1, 0.15) is 6.42 Å². The summed E-state index contributed by atoms with van der Waals surface area (Å²) >= 11 is 5.90. The number of ether oxygens (including phenoxy) is 1. The average molecular weight is 304 g/mol. The van der Waals surface area contributed by atoms with Crippen molar-refractivity contribution < 1.29 is 4.74 Å². The van der Waals surface area contributed by atoms with Gasteiger partial charge in [-0.2, -0.15) is 0 Å². The fraction of sp³-hybridized carbons (Fsp3) is 0.214. The Bertz CT molecular complexity index is 758. The van der Waals surface area contributed by atoms with Crippen molar-refractivity contribution in [3.8, 4) is 5.75 Å². The Morgan fingerprint density at radius 1 is 1.24 bits per heavy atom. The van der Waals surface area contributed by atoms with Gasteiger partial charge in [-0.05, 0) is 24.6 Å². The van der Waals surface area contributed by atoms with E-state index in [4.69, 9.17) is 22.1 Å². The van der Waals surface area contributed by atoms with Crippen LogP contribution < -0.4 is 10.5 Å². The van der Waals surface area contributed by atoms with Crippen molar-refractivity contribution in [2.24, 2.45) is 0 Å². The van der Waals surface area contributed by atoms with Crippen molar-refractivity contribution in [2.45, 2.75) is 13.0 Å². The lowest BCUT2D eigenvalue weighted by molar-refractivity contribution is 0.302. The number of benzene rings is 1. The second-order valence-electron chi connectivity index (χ2n) is 4.53. The maximum atomic E-state index is 5.90. The van der Waals surface area contributed by atoms with Crippen LogP contribution in [0.2, 0.25) is 5.02 Å². The van der Waals surface area contributed by atoms with Crippen LogP contribution >= 0.6 is 11.6 Å². The maximum absolute atomic E-state index is 5.90. The number of nitrogens with two attached hydrogens (primary N) is 1. The number of fused-ring (bicyclic) bond motifs is 1. The molecular formula is C14H14ClN5O. The molecule has 1 aromatic carbocycles. The second kappa shape index (κ2) is 5.97. The van der Waals surface area contributed by atoms with E-state index in [9.17, 15) is 0 Å². The highest BCUT2D eigenvalue weighted by atomic mass is 35.5. The minimum absolute atomic E-state index is 0.397. The summed E-state index contributed by atoms with van der Waals surface area (Å²) in [7, 11) is 0. The van der Waals surface area contributed by atoms with Crippen LogP contribution in [-0.4, -0.2) is 26.1 Å². The van der Waals surface area contributed by atoms with Crippen LogP contribution in [0.4, 0.5) is 5.82 Å². The molecule has 108 valence electrons. The topological polar surface area (TPSA) is 78.9 Å². The quantitative estimate of drug-likeness (QED) is 0.733. The first kappa shape index (κ1) is 13.6. The van der Waals surface area contributed by atoms with Crippen LogP contribution in [-0.2, 0) is 6.54 Å². The molecule has 3 rings (SSSR count). The monoisotopic (exact) mass is 303 g/mol. The Kier molecular flexibility index (Phi) is 3.87. The van der Waals surface area contributed by atoms with Gasteiger partial charge < -0.3 is 15.0 Å². The molecule has 0 aliphatic carbocycles. The highest BCUT2D eigenvalue weighted by Gasteiger charge is 2.07. The molecule has 6 nitrogen and oxygen atoms in total. The highest BCUT2D eigenvalue weighted by Crippen LogP contribution is 2.18. The number of rotatable bonds is 5. The number of nitrogens with zero attached hydrogens (tertiary/aromatic N) is 4. The summed E-state index contributed by atoms with van der Waals surface area (Å²) in [5.74, 6) is 1.17. The fourth-order valence-electron chi connectivity index (χ4n) is 2.04. The molecule has 0 aliphatic heterocycles. The molecule has 0 fully saturated rings. The van der Waals surface area contributed by atoms with Gasteiger partial charge in [-0.25, -0.2) is 15.0 Å². The zero-order valence-corrected chi connectivity index (χ0v) is 12.0. The smallest absolute Gasteiger partial charge is 0.165 e. The summed E-state index contributed by atoms with van der Waals surface area (Å²) in [6.07, 6.45) is 3.98. The van der Waals surface area contributed by atoms with Crippen molar-refractivity contribution in [2.75, 3.05) is 12.3 Å². The molecule has 0 unspecified atom stereocenters. The first-order chi connectivity index (χ1) is 10.2. The normalized spacial score (nSPS) is 10.9. The SMILES string of the molecule is Nc1ncnc2c1ncn2CCCOc1cccc(Cl)c1. The number of aromatic nitrogens is 4. The van der Waals surface area contributed by atoms with E-state index in [1.807, 2.05) is 22.8 Å². The predicted molar refractivity (Wildman–Crippen MR) is 81.3 cm³/mol. The van der Waals surface area contributed by atoms with E-state index < -0.39 is 0 Å². The number of hydrogen-bond donors (Lipinski definition) is 1. The maximum Gasteiger partial charge on any atom is 0.165 e. The molecular weight excluding hydrogens is 290 g/mol. The van der Waals surface area contributed by atoms with Gasteiger partial charge in [0.05, 0.1) is 12.9 Å². The Balaban J connectivity index is 1.59. The van der Waals surface area contributed by atoms with Gasteiger partial charge in [0, 0.05) is 11.6 Å². The fourth-order valence-corrected chi connectivity index (χ4v) is 2.22. The van der Waals surface area contributed by atoms with Crippen LogP contribution in [0, 0.1) is 0 Å². The Hall–Kier alpha value is -2.34. The third kappa shape index (κ3) is 3.05. The minimum Gasteiger partial charge on any atom is -0.493 e. The van der Waals surface area contributed by atoms with E-state index in [-0.39, 0.29) is 0 Å². The minimum atomic E-state index is 0.397. The van der Waals surface area contributed by atoms with Crippen LogP contribution in [0.5, 0.6) is 5.75 Å². The summed E-state index contributed by atoms with van der Waals surface area (Å²) in [6.45, 7) is 1.33. The number of aryl methyl sites for hydroxylation is 1. The second-order valence-corrected chi connectivity index (χ2v) is 4.96. The molecule has 0 bridgehead atoms. The number of imidazole rings is 1. The van der Waals surface area contributed by atoms with Gasteiger partial charge in [0.1, 0.15) is 17.6 Å². The van der Waals surface area contributed by atoms with Crippen molar-refractivity contribution >= 4 is 28.6 Å². The van der Waals surface area contributed by atoms with Gasteiger partial charge in [0.25, 0.3) is 0 Å². The highest BCUT2D eigenvalue weighted by molar-refractivity contribution is 6.30. The van der Waals surface area contributed by atoms with Crippen molar-refractivity contribution in [1.29, 1.82) is 0 Å². The molecule has 0 amide bonds. The van der Waals surface area contributed by atoms with Gasteiger partial charge >= 0.3 is 0 Å². The standard InChI is InChI=1S/C14H14ClN5O/c15-10-3-1-4-11(7-10)21-6-2-5-20-9-19-12-13(16)17-8-18-14(12)20/h1,3-4,7-9H,2,5-6H2,(H2,16,17,18). The third-order valence-electron chi connectivity index (χ3n) is 3.04. The first-order valence-electron chi connectivity index (χ1n) is 6.54. The van der Waals surface area contributed by atoms with Crippen molar-refractivity contribution in [3.63, 3.8) is 0 Å². The van der Waals surface area contributed by atoms with Crippen LogP contribution in [0.15, 0.2) is 36.9 Å². The van der Waals surface area contributed by atoms with Crippen LogP contribution in [0.3, 0.4) is 0 Å². The van der Waals surface area contributed by atoms with Crippen molar-refractivity contribution in [3.05, 3.63) is 41.9 Å². The Morgan fingerprint density at radius 3 is 3.00 bits per heavy atom. The molecule has 0 aliphatic rings. The van der Waals surface area contributed by atoms with E-state index in [1.54, 1.807) is 12.4 Å². The lowest BCUT2D eigenvalue weighted by atomic mass is 10.3. The van der Waals surface area contributed by atoms with Gasteiger partial charge in [0.2, 0.25) is 0 Å². The average Bonchev–Trinajstić information content (AvgIpc) is 2.88. The third-order valence-corrected chi connectivity index (χ3v) is 3.27. The molecule has 0 saturated carbocycles. The van der Waals surface area contributed by atoms with Gasteiger partial charge in [-0.15, -0.1) is 0 Å². The molecule has 0 spiro atoms. The van der Waals surface area contributed by atoms with Gasteiger partial charge in [-0.3, -0.25) is 0 Å². The zero-order chi connectivity index (χ0) is 14.7. The summed E-state index contributed by atoms with van der Waals surface area (Å²) in [5, 5.41) is 0.667. The summed E-state index contributed by atoms with van der Waals surface area (Å²) in [5.41, 5.74) is 7.12. The van der Waals surface area contributed by atoms with Crippen LogP contribution in [0.25, 0.3) is 11.2 Å². The van der Waals surface area contributed by atoms with E-state index in [0.717, 1.165) is 24.4 Å². The van der Waals surface area contributed by atoms with E-state index in [2.05, 4.69) is 15.0 Å². The number of anilines is 1. The Labute approximate surface area is 126 Å². The molecule has 0 radical (unpaired) electrons. The van der Waals surface area contributed by atoms with Crippen molar-refractivity contribution in [1.82, 2.24) is 19.5 Å². The zero-order valence-electron chi connectivity index (χ0n) is 11.2. The predicted octanol–water partition coefficient (Wildman–Crippen LogP) is 2.53. The van der Waals surface area contributed by atoms with E-state index in [0.29, 0.717) is 23.0 Å². The molecule has 0 atom stereocenters. The Morgan fingerprint density at radius 2 is 2.14 bits per heavy atom. The molecule has 2 heterocycles. The van der Waals surface area contributed by atoms with E-state index >= 15 is 0 Å². The summed E-state index contributed by atoms with van der Waals surface area (Å²) in [4.78, 5) is 12.3. The molecule has 2 N–H and O–H groups in total. The molecule has 7 heteroatoms. The van der Waals surface area contributed by atoms with Gasteiger partial charge in [-0.1, -0.05) is 17.7 Å². The number of halogens is 1. The first-order valence-corrected chi connectivity index (χ1v) is 6.91. The van der Waals surface area contributed by atoms with Gasteiger partial charge in [0.15, 0.2) is 11.5 Å². The number of hydrogen-bond acceptors (Lipinski definition) is 5. The summed E-state index contributed by atoms with van der Waals surface area (Å²) in [6, 6.07) is 7.35. The van der Waals surface area contributed by atoms with E-state index in [1.165, 1.54) is 6.33 Å².